The van der Waals surface area contributed by atoms with Crippen LogP contribution in [0.4, 0.5) is 0 Å². The molecule has 1 aromatic heterocycles. The van der Waals surface area contributed by atoms with Gasteiger partial charge in [0.1, 0.15) is 0 Å². The summed E-state index contributed by atoms with van der Waals surface area (Å²) >= 11 is 0. The van der Waals surface area contributed by atoms with Crippen LogP contribution in [0.25, 0.3) is 0 Å². The van der Waals surface area contributed by atoms with Gasteiger partial charge >= 0.3 is 5.69 Å². The molecule has 0 atom stereocenters. The molecule has 98 valence electrons. The summed E-state index contributed by atoms with van der Waals surface area (Å²) in [7, 11) is 0. The number of aryl methyl sites for hydroxylation is 1. The molecule has 0 saturated carbocycles. The molecule has 0 radical (unpaired) electrons. The number of carbonyl (C=O) groups excluding carboxylic acids is 1. The Morgan fingerprint density at radius 3 is 2.37 bits per heavy atom. The lowest BCUT2D eigenvalue weighted by atomic mass is 10.2. The summed E-state index contributed by atoms with van der Waals surface area (Å²) in [5.41, 5.74) is 0.192. The molecule has 0 saturated heterocycles. The number of carbonyl (C=O) groups is 1. The summed E-state index contributed by atoms with van der Waals surface area (Å²) in [5.74, 6) is -0.399. The fourth-order valence-electron chi connectivity index (χ4n) is 1.98. The standard InChI is InChI=1S/C14H14N2O3/c1-10-8-13(18)15(14(19)16(10)11(2)17)9-12-6-4-3-5-7-12/h3-8H,9H2,1-2H3. The monoisotopic (exact) mass is 258 g/mol. The van der Waals surface area contributed by atoms with Gasteiger partial charge in [0.2, 0.25) is 5.91 Å². The van der Waals surface area contributed by atoms with Gasteiger partial charge in [-0.15, -0.1) is 0 Å². The van der Waals surface area contributed by atoms with E-state index in [-0.39, 0.29) is 6.54 Å². The van der Waals surface area contributed by atoms with Gasteiger partial charge in [0.25, 0.3) is 5.56 Å². The Morgan fingerprint density at radius 2 is 1.79 bits per heavy atom. The highest BCUT2D eigenvalue weighted by molar-refractivity contribution is 5.76. The fraction of sp³-hybridized carbons (Fsp3) is 0.214. The van der Waals surface area contributed by atoms with Crippen LogP contribution in [-0.4, -0.2) is 15.0 Å². The Bertz CT molecular complexity index is 727. The van der Waals surface area contributed by atoms with Crippen LogP contribution in [0.3, 0.4) is 0 Å². The van der Waals surface area contributed by atoms with Crippen LogP contribution in [0.2, 0.25) is 0 Å². The molecule has 1 aromatic carbocycles. The van der Waals surface area contributed by atoms with Crippen molar-refractivity contribution in [3.8, 4) is 0 Å². The van der Waals surface area contributed by atoms with Crippen LogP contribution in [0, 0.1) is 6.92 Å². The van der Waals surface area contributed by atoms with Crippen LogP contribution < -0.4 is 11.2 Å². The zero-order valence-corrected chi connectivity index (χ0v) is 10.8. The zero-order chi connectivity index (χ0) is 14.0. The van der Waals surface area contributed by atoms with Crippen molar-refractivity contribution in [2.45, 2.75) is 20.4 Å². The number of benzene rings is 1. The smallest absolute Gasteiger partial charge is 0.274 e. The summed E-state index contributed by atoms with van der Waals surface area (Å²) in [4.78, 5) is 35.5. The highest BCUT2D eigenvalue weighted by Gasteiger charge is 2.11. The summed E-state index contributed by atoms with van der Waals surface area (Å²) in [6.07, 6.45) is 0. The lowest BCUT2D eigenvalue weighted by molar-refractivity contribution is 0.0926. The summed E-state index contributed by atoms with van der Waals surface area (Å²) in [5, 5.41) is 0. The van der Waals surface area contributed by atoms with Gasteiger partial charge in [-0.25, -0.2) is 9.36 Å². The highest BCUT2D eigenvalue weighted by Crippen LogP contribution is 1.99. The third-order valence-corrected chi connectivity index (χ3v) is 2.87. The molecule has 5 nitrogen and oxygen atoms in total. The van der Waals surface area contributed by atoms with Crippen molar-refractivity contribution in [3.63, 3.8) is 0 Å². The first kappa shape index (κ1) is 13.0. The first-order valence-corrected chi connectivity index (χ1v) is 5.89. The van der Waals surface area contributed by atoms with Crippen LogP contribution in [0.1, 0.15) is 23.0 Å². The lowest BCUT2D eigenvalue weighted by Gasteiger charge is -2.10. The van der Waals surface area contributed by atoms with E-state index in [4.69, 9.17) is 0 Å². The molecule has 2 rings (SSSR count). The second-order valence-corrected chi connectivity index (χ2v) is 4.33. The van der Waals surface area contributed by atoms with Crippen molar-refractivity contribution in [3.05, 3.63) is 68.5 Å². The Labute approximate surface area is 109 Å². The predicted octanol–water partition coefficient (Wildman–Crippen LogP) is 1.03. The Kier molecular flexibility index (Phi) is 3.46. The van der Waals surface area contributed by atoms with E-state index in [0.717, 1.165) is 14.7 Å². The van der Waals surface area contributed by atoms with Crippen LogP contribution in [-0.2, 0) is 6.54 Å². The molecular weight excluding hydrogens is 244 g/mol. The molecular formula is C14H14N2O3. The van der Waals surface area contributed by atoms with E-state index in [1.807, 2.05) is 30.3 Å². The number of hydrogen-bond donors (Lipinski definition) is 0. The van der Waals surface area contributed by atoms with Crippen LogP contribution >= 0.6 is 0 Å². The molecule has 0 aliphatic rings. The lowest BCUT2D eigenvalue weighted by Crippen LogP contribution is -2.42. The van der Waals surface area contributed by atoms with Crippen molar-refractivity contribution in [2.24, 2.45) is 0 Å². The van der Waals surface area contributed by atoms with E-state index in [2.05, 4.69) is 0 Å². The van der Waals surface area contributed by atoms with E-state index < -0.39 is 17.2 Å². The van der Waals surface area contributed by atoms with Gasteiger partial charge in [0.05, 0.1) is 6.54 Å². The Morgan fingerprint density at radius 1 is 1.16 bits per heavy atom. The molecule has 2 aromatic rings. The fourth-order valence-corrected chi connectivity index (χ4v) is 1.98. The number of aromatic nitrogens is 2. The van der Waals surface area contributed by atoms with Crippen LogP contribution in [0.15, 0.2) is 46.0 Å². The van der Waals surface area contributed by atoms with Gasteiger partial charge in [-0.05, 0) is 12.5 Å². The maximum atomic E-state index is 12.2. The molecule has 0 unspecified atom stereocenters. The van der Waals surface area contributed by atoms with Crippen molar-refractivity contribution < 1.29 is 4.79 Å². The Hall–Kier alpha value is -2.43. The van der Waals surface area contributed by atoms with Crippen molar-refractivity contribution in [2.75, 3.05) is 0 Å². The highest BCUT2D eigenvalue weighted by atomic mass is 16.2. The molecule has 0 aliphatic carbocycles. The van der Waals surface area contributed by atoms with Gasteiger partial charge in [-0.3, -0.25) is 14.2 Å². The predicted molar refractivity (Wildman–Crippen MR) is 71.5 cm³/mol. The minimum atomic E-state index is -0.596. The van der Waals surface area contributed by atoms with Gasteiger partial charge in [0.15, 0.2) is 0 Å². The third-order valence-electron chi connectivity index (χ3n) is 2.87. The first-order valence-electron chi connectivity index (χ1n) is 5.89. The van der Waals surface area contributed by atoms with Crippen molar-refractivity contribution >= 4 is 5.91 Å². The molecule has 0 fully saturated rings. The van der Waals surface area contributed by atoms with Crippen molar-refractivity contribution in [1.29, 1.82) is 0 Å². The van der Waals surface area contributed by atoms with Gasteiger partial charge in [-0.1, -0.05) is 30.3 Å². The average molecular weight is 258 g/mol. The number of rotatable bonds is 2. The molecule has 0 N–H and O–H groups in total. The van der Waals surface area contributed by atoms with Gasteiger partial charge in [0, 0.05) is 18.7 Å². The minimum absolute atomic E-state index is 0.159. The van der Waals surface area contributed by atoms with Gasteiger partial charge in [-0.2, -0.15) is 0 Å². The third kappa shape index (κ3) is 2.54. The largest absolute Gasteiger partial charge is 0.338 e. The summed E-state index contributed by atoms with van der Waals surface area (Å²) in [6.45, 7) is 3.02. The van der Waals surface area contributed by atoms with E-state index >= 15 is 0 Å². The summed E-state index contributed by atoms with van der Waals surface area (Å²) < 4.78 is 2.06. The minimum Gasteiger partial charge on any atom is -0.274 e. The molecule has 19 heavy (non-hydrogen) atoms. The molecule has 5 heteroatoms. The van der Waals surface area contributed by atoms with E-state index in [0.29, 0.717) is 5.69 Å². The van der Waals surface area contributed by atoms with E-state index in [1.54, 1.807) is 6.92 Å². The number of hydrogen-bond acceptors (Lipinski definition) is 3. The number of nitrogens with zero attached hydrogens (tertiary/aromatic N) is 2. The van der Waals surface area contributed by atoms with E-state index in [1.165, 1.54) is 13.0 Å². The maximum Gasteiger partial charge on any atom is 0.338 e. The van der Waals surface area contributed by atoms with Crippen LogP contribution in [0.5, 0.6) is 0 Å². The second-order valence-electron chi connectivity index (χ2n) is 4.33. The second kappa shape index (κ2) is 5.06. The molecule has 0 amide bonds. The topological polar surface area (TPSA) is 61.1 Å². The van der Waals surface area contributed by atoms with E-state index in [9.17, 15) is 14.4 Å². The molecule has 1 heterocycles. The Balaban J connectivity index is 2.59. The normalized spacial score (nSPS) is 10.4. The maximum absolute atomic E-state index is 12.2. The quantitative estimate of drug-likeness (QED) is 0.808. The average Bonchev–Trinajstić information content (AvgIpc) is 2.35. The van der Waals surface area contributed by atoms with Crippen molar-refractivity contribution in [1.82, 2.24) is 9.13 Å². The molecule has 0 aliphatic heterocycles. The SMILES string of the molecule is CC(=O)n1c(C)cc(=O)n(Cc2ccccc2)c1=O. The summed E-state index contributed by atoms with van der Waals surface area (Å²) in [6, 6.07) is 10.5. The van der Waals surface area contributed by atoms with Gasteiger partial charge < -0.3 is 0 Å². The zero-order valence-electron chi connectivity index (χ0n) is 10.8. The molecule has 0 spiro atoms. The molecule has 0 bridgehead atoms. The first-order chi connectivity index (χ1) is 9.00.